The molecule has 4 rings (SSSR count). The van der Waals surface area contributed by atoms with E-state index in [1.165, 1.54) is 28.6 Å². The number of rotatable bonds is 5. The largest absolute Gasteiger partial charge is 0.339 e. The third-order valence-corrected chi connectivity index (χ3v) is 6.02. The second-order valence-corrected chi connectivity index (χ2v) is 8.06. The number of halogens is 1. The fourth-order valence-corrected chi connectivity index (χ4v) is 4.33. The fourth-order valence-electron chi connectivity index (χ4n) is 2.72. The van der Waals surface area contributed by atoms with Crippen LogP contribution in [0.2, 0.25) is 0 Å². The first-order valence-electron chi connectivity index (χ1n) is 7.97. The van der Waals surface area contributed by atoms with Gasteiger partial charge in [-0.15, -0.1) is 0 Å². The normalized spacial score (nSPS) is 15.7. The third-order valence-electron chi connectivity index (χ3n) is 4.23. The van der Waals surface area contributed by atoms with Crippen LogP contribution in [0.25, 0.3) is 11.4 Å². The minimum atomic E-state index is -3.46. The molecule has 0 radical (unpaired) electrons. The Labute approximate surface area is 149 Å². The van der Waals surface area contributed by atoms with Gasteiger partial charge in [0, 0.05) is 31.0 Å². The Morgan fingerprint density at radius 2 is 1.81 bits per heavy atom. The van der Waals surface area contributed by atoms with Gasteiger partial charge in [-0.25, -0.2) is 12.8 Å². The lowest BCUT2D eigenvalue weighted by Crippen LogP contribution is -2.48. The highest BCUT2D eigenvalue weighted by molar-refractivity contribution is 7.88. The summed E-state index contributed by atoms with van der Waals surface area (Å²) in [6.07, 6.45) is 3.27. The molecule has 0 saturated carbocycles. The van der Waals surface area contributed by atoms with E-state index >= 15 is 0 Å². The van der Waals surface area contributed by atoms with Gasteiger partial charge in [0.25, 0.3) is 0 Å². The van der Waals surface area contributed by atoms with Gasteiger partial charge in [-0.1, -0.05) is 17.3 Å². The van der Waals surface area contributed by atoms with Crippen LogP contribution in [-0.4, -0.2) is 40.9 Å². The van der Waals surface area contributed by atoms with Crippen LogP contribution < -0.4 is 0 Å². The Hall–Kier alpha value is -2.65. The molecule has 9 heteroatoms. The van der Waals surface area contributed by atoms with Crippen LogP contribution in [0.3, 0.4) is 0 Å². The van der Waals surface area contributed by atoms with Crippen molar-refractivity contribution < 1.29 is 17.3 Å². The molecule has 7 nitrogen and oxygen atoms in total. The quantitative estimate of drug-likeness (QED) is 0.680. The Balaban J connectivity index is 1.40. The van der Waals surface area contributed by atoms with E-state index in [0.29, 0.717) is 30.4 Å². The van der Waals surface area contributed by atoms with E-state index in [2.05, 4.69) is 15.1 Å². The van der Waals surface area contributed by atoms with E-state index in [9.17, 15) is 12.8 Å². The van der Waals surface area contributed by atoms with Gasteiger partial charge < -0.3 is 4.52 Å². The summed E-state index contributed by atoms with van der Waals surface area (Å²) in [5.74, 6) is 0.198. The highest BCUT2D eigenvalue weighted by Crippen LogP contribution is 2.30. The summed E-state index contributed by atoms with van der Waals surface area (Å²) in [4.78, 5) is 8.28. The summed E-state index contributed by atoms with van der Waals surface area (Å²) >= 11 is 0. The van der Waals surface area contributed by atoms with Crippen molar-refractivity contribution in [2.75, 3.05) is 13.1 Å². The molecular weight excluding hydrogens is 359 g/mol. The van der Waals surface area contributed by atoms with Crippen molar-refractivity contribution in [3.63, 3.8) is 0 Å². The zero-order valence-corrected chi connectivity index (χ0v) is 14.4. The maximum Gasteiger partial charge on any atom is 0.232 e. The van der Waals surface area contributed by atoms with Gasteiger partial charge in [0.15, 0.2) is 0 Å². The van der Waals surface area contributed by atoms with Gasteiger partial charge in [-0.2, -0.15) is 9.29 Å². The lowest BCUT2D eigenvalue weighted by molar-refractivity contribution is 0.216. The molecule has 3 heterocycles. The van der Waals surface area contributed by atoms with Crippen LogP contribution >= 0.6 is 0 Å². The number of nitrogens with zero attached hydrogens (tertiary/aromatic N) is 4. The summed E-state index contributed by atoms with van der Waals surface area (Å²) < 4.78 is 44.4. The predicted octanol–water partition coefficient (Wildman–Crippen LogP) is 2.20. The molecule has 0 spiro atoms. The minimum Gasteiger partial charge on any atom is -0.339 e. The van der Waals surface area contributed by atoms with Gasteiger partial charge in [-0.3, -0.25) is 4.98 Å². The van der Waals surface area contributed by atoms with Gasteiger partial charge >= 0.3 is 0 Å². The SMILES string of the molecule is O=S(=O)(Cc1ccc(F)cc1)N1CC(c2nc(-c3ccncc3)no2)C1. The van der Waals surface area contributed by atoms with E-state index in [1.807, 2.05) is 0 Å². The number of hydrogen-bond donors (Lipinski definition) is 0. The second-order valence-electron chi connectivity index (χ2n) is 6.09. The Morgan fingerprint density at radius 1 is 1.12 bits per heavy atom. The lowest BCUT2D eigenvalue weighted by atomic mass is 10.0. The number of hydrogen-bond acceptors (Lipinski definition) is 6. The molecule has 1 aromatic carbocycles. The molecule has 1 fully saturated rings. The van der Waals surface area contributed by atoms with E-state index in [4.69, 9.17) is 4.52 Å². The van der Waals surface area contributed by atoms with E-state index in [0.717, 1.165) is 5.56 Å². The van der Waals surface area contributed by atoms with Crippen LogP contribution in [0, 0.1) is 5.82 Å². The summed E-state index contributed by atoms with van der Waals surface area (Å²) in [7, 11) is -3.46. The molecule has 0 N–H and O–H groups in total. The summed E-state index contributed by atoms with van der Waals surface area (Å²) in [5.41, 5.74) is 1.34. The highest BCUT2D eigenvalue weighted by atomic mass is 32.2. The smallest absolute Gasteiger partial charge is 0.232 e. The summed E-state index contributed by atoms with van der Waals surface area (Å²) in [6, 6.07) is 9.00. The number of pyridine rings is 1. The summed E-state index contributed by atoms with van der Waals surface area (Å²) in [5, 5.41) is 3.94. The van der Waals surface area contributed by atoms with E-state index < -0.39 is 15.8 Å². The lowest BCUT2D eigenvalue weighted by Gasteiger charge is -2.35. The third kappa shape index (κ3) is 3.35. The molecular formula is C17H15FN4O3S. The van der Waals surface area contributed by atoms with Crippen molar-refractivity contribution in [3.05, 3.63) is 66.1 Å². The molecule has 0 bridgehead atoms. The van der Waals surface area contributed by atoms with Crippen LogP contribution in [0.1, 0.15) is 17.4 Å². The van der Waals surface area contributed by atoms with E-state index in [1.54, 1.807) is 24.5 Å². The zero-order valence-electron chi connectivity index (χ0n) is 13.6. The van der Waals surface area contributed by atoms with E-state index in [-0.39, 0.29) is 11.7 Å². The molecule has 0 unspecified atom stereocenters. The van der Waals surface area contributed by atoms with Gasteiger partial charge in [0.2, 0.25) is 21.7 Å². The average Bonchev–Trinajstić information content (AvgIpc) is 3.05. The predicted molar refractivity (Wildman–Crippen MR) is 90.9 cm³/mol. The molecule has 1 aliphatic rings. The number of aromatic nitrogens is 3. The van der Waals surface area contributed by atoms with Gasteiger partial charge in [-0.05, 0) is 29.8 Å². The van der Waals surface area contributed by atoms with Crippen molar-refractivity contribution in [2.24, 2.45) is 0 Å². The first kappa shape index (κ1) is 16.8. The molecule has 0 aliphatic carbocycles. The summed E-state index contributed by atoms with van der Waals surface area (Å²) in [6.45, 7) is 0.586. The number of benzene rings is 1. The van der Waals surface area contributed by atoms with Crippen molar-refractivity contribution in [3.8, 4) is 11.4 Å². The highest BCUT2D eigenvalue weighted by Gasteiger charge is 2.39. The van der Waals surface area contributed by atoms with Crippen molar-refractivity contribution in [2.45, 2.75) is 11.7 Å². The molecule has 1 aliphatic heterocycles. The number of sulfonamides is 1. The molecule has 0 amide bonds. The zero-order chi connectivity index (χ0) is 18.1. The molecule has 1 saturated heterocycles. The first-order chi connectivity index (χ1) is 12.5. The molecule has 3 aromatic rings. The average molecular weight is 374 g/mol. The van der Waals surface area contributed by atoms with Crippen LogP contribution in [0.5, 0.6) is 0 Å². The molecule has 0 atom stereocenters. The molecule has 2 aromatic heterocycles. The monoisotopic (exact) mass is 374 g/mol. The first-order valence-corrected chi connectivity index (χ1v) is 9.58. The minimum absolute atomic E-state index is 0.124. The van der Waals surface area contributed by atoms with Gasteiger partial charge in [0.1, 0.15) is 5.82 Å². The molecule has 134 valence electrons. The van der Waals surface area contributed by atoms with Crippen LogP contribution in [0.4, 0.5) is 4.39 Å². The van der Waals surface area contributed by atoms with Crippen molar-refractivity contribution in [1.29, 1.82) is 0 Å². The fraction of sp³-hybridized carbons (Fsp3) is 0.235. The Morgan fingerprint density at radius 3 is 2.50 bits per heavy atom. The molecule has 26 heavy (non-hydrogen) atoms. The maximum absolute atomic E-state index is 12.9. The maximum atomic E-state index is 12.9. The van der Waals surface area contributed by atoms with Crippen molar-refractivity contribution in [1.82, 2.24) is 19.4 Å². The Bertz CT molecular complexity index is 1000. The second kappa shape index (κ2) is 6.58. The van der Waals surface area contributed by atoms with Gasteiger partial charge in [0.05, 0.1) is 11.7 Å². The standard InChI is InChI=1S/C17H15FN4O3S/c18-15-3-1-12(2-4-15)11-26(23,24)22-9-14(10-22)17-20-16(21-25-17)13-5-7-19-8-6-13/h1-8,14H,9-11H2. The van der Waals surface area contributed by atoms with Crippen molar-refractivity contribution >= 4 is 10.0 Å². The van der Waals surface area contributed by atoms with Crippen LogP contribution in [-0.2, 0) is 15.8 Å². The van der Waals surface area contributed by atoms with Crippen LogP contribution in [0.15, 0.2) is 53.3 Å². The Kier molecular flexibility index (Phi) is 4.25. The topological polar surface area (TPSA) is 89.2 Å².